The van der Waals surface area contributed by atoms with E-state index in [0.29, 0.717) is 18.3 Å². The van der Waals surface area contributed by atoms with Gasteiger partial charge in [-0.05, 0) is 26.2 Å². The number of nitrogens with zero attached hydrogens (tertiary/aromatic N) is 2. The van der Waals surface area contributed by atoms with Crippen molar-refractivity contribution in [1.29, 1.82) is 0 Å². The van der Waals surface area contributed by atoms with E-state index in [-0.39, 0.29) is 5.97 Å². The van der Waals surface area contributed by atoms with Crippen molar-refractivity contribution in [3.63, 3.8) is 0 Å². The van der Waals surface area contributed by atoms with Crippen molar-refractivity contribution in [2.45, 2.75) is 32.2 Å². The van der Waals surface area contributed by atoms with Crippen LogP contribution in [-0.4, -0.2) is 22.1 Å². The molecular formula is C10H14N2O2. The van der Waals surface area contributed by atoms with Gasteiger partial charge < -0.3 is 9.30 Å². The predicted octanol–water partition coefficient (Wildman–Crippen LogP) is 1.78. The fraction of sp³-hybridized carbons (Fsp3) is 0.600. The molecule has 0 bridgehead atoms. The minimum atomic E-state index is -0.328. The average Bonchev–Trinajstić information content (AvgIpc) is 2.50. The molecule has 0 aromatic carbocycles. The Morgan fingerprint density at radius 2 is 2.50 bits per heavy atom. The number of esters is 1. The van der Waals surface area contributed by atoms with Gasteiger partial charge in [0, 0.05) is 12.2 Å². The summed E-state index contributed by atoms with van der Waals surface area (Å²) < 4.78 is 6.87. The summed E-state index contributed by atoms with van der Waals surface area (Å²) in [7, 11) is 0. The van der Waals surface area contributed by atoms with E-state index in [9.17, 15) is 4.79 Å². The number of hydrogen-bond acceptors (Lipinski definition) is 3. The zero-order chi connectivity index (χ0) is 9.97. The fourth-order valence-corrected chi connectivity index (χ4v) is 1.53. The van der Waals surface area contributed by atoms with Crippen LogP contribution in [0.4, 0.5) is 0 Å². The molecule has 1 aliphatic carbocycles. The highest BCUT2D eigenvalue weighted by molar-refractivity contribution is 5.86. The molecule has 1 aliphatic rings. The lowest BCUT2D eigenvalue weighted by Gasteiger charge is -2.26. The molecule has 0 atom stereocenters. The first-order valence-electron chi connectivity index (χ1n) is 5.02. The number of carbonyl (C=O) groups excluding carboxylic acids is 1. The number of hydrogen-bond donors (Lipinski definition) is 0. The zero-order valence-corrected chi connectivity index (χ0v) is 8.27. The van der Waals surface area contributed by atoms with E-state index in [0.717, 1.165) is 0 Å². The van der Waals surface area contributed by atoms with Crippen molar-refractivity contribution < 1.29 is 9.53 Å². The summed E-state index contributed by atoms with van der Waals surface area (Å²) in [6.45, 7) is 2.19. The van der Waals surface area contributed by atoms with Crippen LogP contribution >= 0.6 is 0 Å². The Balaban J connectivity index is 2.05. The summed E-state index contributed by atoms with van der Waals surface area (Å²) in [6.07, 6.45) is 7.16. The Morgan fingerprint density at radius 3 is 3.07 bits per heavy atom. The van der Waals surface area contributed by atoms with Gasteiger partial charge in [0.2, 0.25) is 0 Å². The number of imidazole rings is 1. The van der Waals surface area contributed by atoms with Crippen LogP contribution in [0.2, 0.25) is 0 Å². The van der Waals surface area contributed by atoms with Crippen molar-refractivity contribution in [3.8, 4) is 0 Å². The average molecular weight is 194 g/mol. The van der Waals surface area contributed by atoms with Crippen molar-refractivity contribution in [1.82, 2.24) is 9.55 Å². The minimum Gasteiger partial charge on any atom is -0.461 e. The van der Waals surface area contributed by atoms with Crippen molar-refractivity contribution in [3.05, 3.63) is 18.2 Å². The highest BCUT2D eigenvalue weighted by Gasteiger charge is 2.20. The Labute approximate surface area is 82.9 Å². The number of carbonyl (C=O) groups is 1. The second-order valence-electron chi connectivity index (χ2n) is 3.51. The standard InChI is InChI=1S/C10H14N2O2/c1-2-14-10(13)9-6-12(7-11-9)8-4-3-5-8/h6-8H,2-5H2,1H3. The molecule has 2 rings (SSSR count). The molecule has 4 nitrogen and oxygen atoms in total. The van der Waals surface area contributed by atoms with Crippen LogP contribution in [0.5, 0.6) is 0 Å². The molecule has 0 spiro atoms. The van der Waals surface area contributed by atoms with Gasteiger partial charge in [0.25, 0.3) is 0 Å². The fourth-order valence-electron chi connectivity index (χ4n) is 1.53. The SMILES string of the molecule is CCOC(=O)c1cn(C2CCC2)cn1. The molecule has 0 unspecified atom stereocenters. The number of aromatic nitrogens is 2. The quantitative estimate of drug-likeness (QED) is 0.689. The first-order valence-corrected chi connectivity index (χ1v) is 5.02. The highest BCUT2D eigenvalue weighted by Crippen LogP contribution is 2.31. The van der Waals surface area contributed by atoms with E-state index in [1.54, 1.807) is 19.4 Å². The topological polar surface area (TPSA) is 44.1 Å². The molecular weight excluding hydrogens is 180 g/mol. The Bertz CT molecular complexity index is 329. The molecule has 14 heavy (non-hydrogen) atoms. The van der Waals surface area contributed by atoms with E-state index < -0.39 is 0 Å². The summed E-state index contributed by atoms with van der Waals surface area (Å²) >= 11 is 0. The summed E-state index contributed by atoms with van der Waals surface area (Å²) in [5.74, 6) is -0.328. The molecule has 76 valence electrons. The van der Waals surface area contributed by atoms with Crippen molar-refractivity contribution in [2.24, 2.45) is 0 Å². The molecule has 1 saturated carbocycles. The third kappa shape index (κ3) is 1.64. The van der Waals surface area contributed by atoms with Crippen LogP contribution in [0.1, 0.15) is 42.7 Å². The largest absolute Gasteiger partial charge is 0.461 e. The first-order chi connectivity index (χ1) is 6.81. The molecule has 0 N–H and O–H groups in total. The minimum absolute atomic E-state index is 0.328. The van der Waals surface area contributed by atoms with Gasteiger partial charge in [-0.15, -0.1) is 0 Å². The second kappa shape index (κ2) is 3.82. The van der Waals surface area contributed by atoms with Crippen LogP contribution in [0.25, 0.3) is 0 Å². The van der Waals surface area contributed by atoms with Crippen molar-refractivity contribution >= 4 is 5.97 Å². The number of ether oxygens (including phenoxy) is 1. The van der Waals surface area contributed by atoms with Gasteiger partial charge >= 0.3 is 5.97 Å². The molecule has 4 heteroatoms. The lowest BCUT2D eigenvalue weighted by Crippen LogP contribution is -2.15. The van der Waals surface area contributed by atoms with Crippen LogP contribution in [0.3, 0.4) is 0 Å². The van der Waals surface area contributed by atoms with Gasteiger partial charge in [0.15, 0.2) is 5.69 Å². The van der Waals surface area contributed by atoms with Gasteiger partial charge in [0.05, 0.1) is 12.9 Å². The molecule has 0 aliphatic heterocycles. The Kier molecular flexibility index (Phi) is 2.52. The van der Waals surface area contributed by atoms with Crippen LogP contribution in [0, 0.1) is 0 Å². The smallest absolute Gasteiger partial charge is 0.358 e. The van der Waals surface area contributed by atoms with Crippen LogP contribution < -0.4 is 0 Å². The number of rotatable bonds is 3. The molecule has 1 aromatic rings. The molecule has 0 radical (unpaired) electrons. The van der Waals surface area contributed by atoms with E-state index in [4.69, 9.17) is 4.74 Å². The van der Waals surface area contributed by atoms with Crippen LogP contribution in [0.15, 0.2) is 12.5 Å². The van der Waals surface area contributed by atoms with Gasteiger partial charge in [0.1, 0.15) is 0 Å². The predicted molar refractivity (Wildman–Crippen MR) is 51.1 cm³/mol. The van der Waals surface area contributed by atoms with Gasteiger partial charge in [-0.3, -0.25) is 0 Å². The van der Waals surface area contributed by atoms with E-state index >= 15 is 0 Å². The first kappa shape index (κ1) is 9.24. The summed E-state index contributed by atoms with van der Waals surface area (Å²) in [5.41, 5.74) is 0.416. The summed E-state index contributed by atoms with van der Waals surface area (Å²) in [4.78, 5) is 15.3. The molecule has 1 heterocycles. The van der Waals surface area contributed by atoms with Gasteiger partial charge in [-0.1, -0.05) is 0 Å². The molecule has 0 saturated heterocycles. The lowest BCUT2D eigenvalue weighted by molar-refractivity contribution is 0.0520. The van der Waals surface area contributed by atoms with E-state index in [2.05, 4.69) is 4.98 Å². The normalized spacial score (nSPS) is 16.4. The maximum atomic E-state index is 11.3. The van der Waals surface area contributed by atoms with E-state index in [1.165, 1.54) is 19.3 Å². The second-order valence-corrected chi connectivity index (χ2v) is 3.51. The van der Waals surface area contributed by atoms with E-state index in [1.807, 2.05) is 4.57 Å². The molecule has 1 fully saturated rings. The van der Waals surface area contributed by atoms with Gasteiger partial charge in [-0.2, -0.15) is 0 Å². The molecule has 0 amide bonds. The maximum absolute atomic E-state index is 11.3. The zero-order valence-electron chi connectivity index (χ0n) is 8.27. The van der Waals surface area contributed by atoms with Gasteiger partial charge in [-0.25, -0.2) is 9.78 Å². The third-order valence-corrected chi connectivity index (χ3v) is 2.58. The maximum Gasteiger partial charge on any atom is 0.358 e. The molecule has 1 aromatic heterocycles. The van der Waals surface area contributed by atoms with Crippen LogP contribution in [-0.2, 0) is 4.74 Å². The Morgan fingerprint density at radius 1 is 1.71 bits per heavy atom. The third-order valence-electron chi connectivity index (χ3n) is 2.58. The summed E-state index contributed by atoms with van der Waals surface area (Å²) in [6, 6.07) is 0.547. The highest BCUT2D eigenvalue weighted by atomic mass is 16.5. The monoisotopic (exact) mass is 194 g/mol. The summed E-state index contributed by atoms with van der Waals surface area (Å²) in [5, 5.41) is 0. The lowest BCUT2D eigenvalue weighted by atomic mass is 9.93. The Hall–Kier alpha value is -1.32. The van der Waals surface area contributed by atoms with Crippen molar-refractivity contribution in [2.75, 3.05) is 6.61 Å².